The van der Waals surface area contributed by atoms with Crippen LogP contribution in [0.3, 0.4) is 0 Å². The molecular weight excluding hydrogens is 260 g/mol. The summed E-state index contributed by atoms with van der Waals surface area (Å²) in [7, 11) is 0. The summed E-state index contributed by atoms with van der Waals surface area (Å²) in [6, 6.07) is 0.585. The third-order valence-corrected chi connectivity index (χ3v) is 4.23. The number of aromatic nitrogens is 5. The number of rotatable bonds is 4. The Hall–Kier alpha value is -1.63. The molecule has 0 saturated heterocycles. The van der Waals surface area contributed by atoms with Gasteiger partial charge in [0, 0.05) is 12.0 Å². The molecule has 0 atom stereocenters. The van der Waals surface area contributed by atoms with Gasteiger partial charge in [-0.1, -0.05) is 0 Å². The summed E-state index contributed by atoms with van der Waals surface area (Å²) < 4.78 is 2.29. The van der Waals surface area contributed by atoms with E-state index >= 15 is 0 Å². The van der Waals surface area contributed by atoms with Crippen molar-refractivity contribution >= 4 is 17.4 Å². The largest absolute Gasteiger partial charge is 0.396 e. The lowest BCUT2D eigenvalue weighted by Gasteiger charge is -2.07. The fourth-order valence-electron chi connectivity index (χ4n) is 2.11. The van der Waals surface area contributed by atoms with Crippen molar-refractivity contribution in [3.05, 3.63) is 18.2 Å². The van der Waals surface area contributed by atoms with Crippen LogP contribution in [0.25, 0.3) is 0 Å². The first kappa shape index (κ1) is 11.2. The second kappa shape index (κ2) is 4.19. The maximum atomic E-state index is 5.59. The van der Waals surface area contributed by atoms with Crippen LogP contribution >= 0.6 is 11.8 Å². The van der Waals surface area contributed by atoms with E-state index in [2.05, 4.69) is 24.7 Å². The van der Waals surface area contributed by atoms with Gasteiger partial charge >= 0.3 is 0 Å². The van der Waals surface area contributed by atoms with Crippen molar-refractivity contribution in [2.75, 3.05) is 5.73 Å². The molecule has 0 spiro atoms. The molecule has 0 amide bonds. The van der Waals surface area contributed by atoms with E-state index in [1.165, 1.54) is 37.4 Å². The van der Waals surface area contributed by atoms with Gasteiger partial charge in [-0.05, 0) is 37.4 Å². The van der Waals surface area contributed by atoms with Gasteiger partial charge in [0.25, 0.3) is 0 Å². The predicted molar refractivity (Wildman–Crippen MR) is 70.8 cm³/mol. The van der Waals surface area contributed by atoms with Gasteiger partial charge in [-0.2, -0.15) is 0 Å². The number of anilines is 1. The third-order valence-electron chi connectivity index (χ3n) is 3.38. The summed E-state index contributed by atoms with van der Waals surface area (Å²) in [4.78, 5) is 8.42. The topological polar surface area (TPSA) is 82.5 Å². The molecule has 0 aliphatic heterocycles. The Bertz CT molecular complexity index is 599. The van der Waals surface area contributed by atoms with Crippen molar-refractivity contribution in [2.24, 2.45) is 0 Å². The number of nitrogens with zero attached hydrogens (tertiary/aromatic N) is 5. The first-order valence-corrected chi connectivity index (χ1v) is 7.33. The molecule has 2 saturated carbocycles. The molecule has 2 heterocycles. The highest BCUT2D eigenvalue weighted by atomic mass is 32.2. The van der Waals surface area contributed by atoms with Crippen LogP contribution in [0, 0.1) is 0 Å². The van der Waals surface area contributed by atoms with Crippen molar-refractivity contribution in [3.8, 4) is 0 Å². The minimum absolute atomic E-state index is 0.576. The highest BCUT2D eigenvalue weighted by molar-refractivity contribution is 7.99. The maximum Gasteiger partial charge on any atom is 0.199 e. The smallest absolute Gasteiger partial charge is 0.199 e. The summed E-state index contributed by atoms with van der Waals surface area (Å²) in [5, 5.41) is 10.3. The van der Waals surface area contributed by atoms with Crippen molar-refractivity contribution in [2.45, 2.75) is 48.0 Å². The van der Waals surface area contributed by atoms with Gasteiger partial charge in [0.05, 0.1) is 18.1 Å². The van der Waals surface area contributed by atoms with Crippen LogP contribution in [-0.4, -0.2) is 24.7 Å². The van der Waals surface area contributed by atoms with Gasteiger partial charge in [0.2, 0.25) is 0 Å². The zero-order valence-corrected chi connectivity index (χ0v) is 11.2. The molecule has 2 aromatic rings. The molecule has 4 rings (SSSR count). The van der Waals surface area contributed by atoms with Gasteiger partial charge in [-0.15, -0.1) is 10.2 Å². The van der Waals surface area contributed by atoms with Gasteiger partial charge in [0.1, 0.15) is 5.82 Å². The zero-order chi connectivity index (χ0) is 12.8. The van der Waals surface area contributed by atoms with Crippen molar-refractivity contribution in [3.63, 3.8) is 0 Å². The minimum Gasteiger partial charge on any atom is -0.396 e. The normalized spacial score (nSPS) is 18.7. The summed E-state index contributed by atoms with van der Waals surface area (Å²) in [6.07, 6.45) is 8.19. The Morgan fingerprint density at radius 3 is 2.47 bits per heavy atom. The quantitative estimate of drug-likeness (QED) is 0.859. The van der Waals surface area contributed by atoms with Crippen LogP contribution < -0.4 is 5.73 Å². The first-order valence-electron chi connectivity index (χ1n) is 6.51. The van der Waals surface area contributed by atoms with E-state index in [-0.39, 0.29) is 0 Å². The predicted octanol–water partition coefficient (Wildman–Crippen LogP) is 2.01. The number of nitrogen functional groups attached to an aromatic ring is 1. The monoisotopic (exact) mass is 274 g/mol. The molecule has 0 aromatic carbocycles. The van der Waals surface area contributed by atoms with E-state index in [1.54, 1.807) is 12.4 Å². The summed E-state index contributed by atoms with van der Waals surface area (Å²) in [5.74, 6) is 1.77. The second-order valence-electron chi connectivity index (χ2n) is 5.12. The highest BCUT2D eigenvalue weighted by Gasteiger charge is 2.36. The van der Waals surface area contributed by atoms with E-state index in [0.29, 0.717) is 22.8 Å². The molecule has 2 aliphatic rings. The number of nitrogens with two attached hydrogens (primary N) is 1. The fourth-order valence-corrected chi connectivity index (χ4v) is 2.91. The molecule has 2 fully saturated rings. The Morgan fingerprint density at radius 2 is 1.84 bits per heavy atom. The molecule has 6 nitrogen and oxygen atoms in total. The molecule has 0 radical (unpaired) electrons. The van der Waals surface area contributed by atoms with Crippen LogP contribution in [0.2, 0.25) is 0 Å². The lowest BCUT2D eigenvalue weighted by Crippen LogP contribution is -2.02. The molecule has 19 heavy (non-hydrogen) atoms. The molecule has 7 heteroatoms. The fraction of sp³-hybridized carbons (Fsp3) is 0.500. The summed E-state index contributed by atoms with van der Waals surface area (Å²) >= 11 is 1.47. The van der Waals surface area contributed by atoms with Crippen LogP contribution in [0.1, 0.15) is 43.5 Å². The Labute approximate surface area is 114 Å². The van der Waals surface area contributed by atoms with Gasteiger partial charge in [0.15, 0.2) is 10.3 Å². The summed E-state index contributed by atoms with van der Waals surface area (Å²) in [6.45, 7) is 0. The third kappa shape index (κ3) is 2.18. The molecule has 2 aliphatic carbocycles. The zero-order valence-electron chi connectivity index (χ0n) is 10.4. The van der Waals surface area contributed by atoms with Crippen LogP contribution in [0.5, 0.6) is 0 Å². The molecule has 98 valence electrons. The maximum absolute atomic E-state index is 5.59. The van der Waals surface area contributed by atoms with Gasteiger partial charge in [-0.3, -0.25) is 0 Å². The summed E-state index contributed by atoms with van der Waals surface area (Å²) in [5.41, 5.74) is 6.17. The molecule has 2 aromatic heterocycles. The number of hydrogen-bond donors (Lipinski definition) is 1. The number of hydrogen-bond acceptors (Lipinski definition) is 6. The minimum atomic E-state index is 0.576. The van der Waals surface area contributed by atoms with Crippen LogP contribution in [-0.2, 0) is 0 Å². The second-order valence-corrected chi connectivity index (χ2v) is 6.05. The van der Waals surface area contributed by atoms with E-state index in [9.17, 15) is 0 Å². The molecule has 0 bridgehead atoms. The highest BCUT2D eigenvalue weighted by Crippen LogP contribution is 2.46. The van der Waals surface area contributed by atoms with E-state index in [0.717, 1.165) is 11.0 Å². The Balaban J connectivity index is 1.65. The molecule has 2 N–H and O–H groups in total. The standard InChI is InChI=1S/C12H14N6S/c13-8-5-14-11(15-6-8)19-12-17-16-10(7-1-2-7)18(12)9-3-4-9/h5-7,9H,1-4,13H2. The lowest BCUT2D eigenvalue weighted by atomic mass is 10.4. The Morgan fingerprint density at radius 1 is 1.11 bits per heavy atom. The first-order chi connectivity index (χ1) is 9.31. The van der Waals surface area contributed by atoms with Gasteiger partial charge < -0.3 is 10.3 Å². The molecule has 0 unspecified atom stereocenters. The average molecular weight is 274 g/mol. The SMILES string of the molecule is Nc1cnc(Sc2nnc(C3CC3)n2C2CC2)nc1. The van der Waals surface area contributed by atoms with Gasteiger partial charge in [-0.25, -0.2) is 9.97 Å². The van der Waals surface area contributed by atoms with Crippen LogP contribution in [0.4, 0.5) is 5.69 Å². The average Bonchev–Trinajstić information content (AvgIpc) is 3.32. The van der Waals surface area contributed by atoms with E-state index < -0.39 is 0 Å². The van der Waals surface area contributed by atoms with E-state index in [1.807, 2.05) is 0 Å². The van der Waals surface area contributed by atoms with Crippen molar-refractivity contribution in [1.29, 1.82) is 0 Å². The van der Waals surface area contributed by atoms with Crippen molar-refractivity contribution in [1.82, 2.24) is 24.7 Å². The lowest BCUT2D eigenvalue weighted by molar-refractivity contribution is 0.626. The van der Waals surface area contributed by atoms with Crippen molar-refractivity contribution < 1.29 is 0 Å². The van der Waals surface area contributed by atoms with Crippen LogP contribution in [0.15, 0.2) is 22.7 Å². The molecular formula is C12H14N6S. The van der Waals surface area contributed by atoms with E-state index in [4.69, 9.17) is 5.73 Å². The Kier molecular flexibility index (Phi) is 2.48.